The SMILES string of the molecule is CC.CC.O=c1c(O)c(-c2ccc(O)cc2O)oc2ccccc12. The summed E-state index contributed by atoms with van der Waals surface area (Å²) in [6.45, 7) is 8.00. The molecule has 0 saturated heterocycles. The topological polar surface area (TPSA) is 90.9 Å². The highest BCUT2D eigenvalue weighted by atomic mass is 16.4. The zero-order valence-corrected chi connectivity index (χ0v) is 14.2. The van der Waals surface area contributed by atoms with Crippen LogP contribution in [-0.4, -0.2) is 15.3 Å². The lowest BCUT2D eigenvalue weighted by molar-refractivity contribution is 0.438. The number of benzene rings is 2. The van der Waals surface area contributed by atoms with E-state index in [0.29, 0.717) is 5.58 Å². The van der Waals surface area contributed by atoms with Crippen LogP contribution in [0.25, 0.3) is 22.3 Å². The van der Waals surface area contributed by atoms with Crippen molar-refractivity contribution in [2.24, 2.45) is 0 Å². The minimum atomic E-state index is -0.579. The third-order valence-electron chi connectivity index (χ3n) is 3.00. The van der Waals surface area contributed by atoms with Gasteiger partial charge in [-0.3, -0.25) is 4.79 Å². The maximum Gasteiger partial charge on any atom is 0.235 e. The van der Waals surface area contributed by atoms with Gasteiger partial charge in [-0.05, 0) is 24.3 Å². The van der Waals surface area contributed by atoms with E-state index in [2.05, 4.69) is 0 Å². The fourth-order valence-corrected chi connectivity index (χ4v) is 2.03. The molecule has 3 N–H and O–H groups in total. The summed E-state index contributed by atoms with van der Waals surface area (Å²) in [6.07, 6.45) is 0. The zero-order chi connectivity index (χ0) is 18.3. The Morgan fingerprint density at radius 1 is 0.875 bits per heavy atom. The number of rotatable bonds is 1. The molecule has 0 fully saturated rings. The lowest BCUT2D eigenvalue weighted by atomic mass is 10.1. The van der Waals surface area contributed by atoms with Gasteiger partial charge in [-0.15, -0.1) is 0 Å². The number of fused-ring (bicyclic) bond motifs is 1. The molecule has 0 bridgehead atoms. The molecule has 5 heteroatoms. The Bertz CT molecular complexity index is 865. The van der Waals surface area contributed by atoms with Gasteiger partial charge in [0.05, 0.1) is 10.9 Å². The van der Waals surface area contributed by atoms with Crippen LogP contribution in [-0.2, 0) is 0 Å². The average molecular weight is 330 g/mol. The van der Waals surface area contributed by atoms with Crippen molar-refractivity contribution in [1.29, 1.82) is 0 Å². The summed E-state index contributed by atoms with van der Waals surface area (Å²) in [4.78, 5) is 12.1. The molecule has 0 aliphatic heterocycles. The molecule has 0 aliphatic rings. The highest BCUT2D eigenvalue weighted by molar-refractivity contribution is 5.83. The summed E-state index contributed by atoms with van der Waals surface area (Å²) in [5, 5.41) is 29.3. The van der Waals surface area contributed by atoms with Crippen molar-refractivity contribution in [1.82, 2.24) is 0 Å². The maximum atomic E-state index is 12.1. The van der Waals surface area contributed by atoms with Gasteiger partial charge in [0.25, 0.3) is 0 Å². The molecule has 0 aliphatic carbocycles. The molecule has 0 saturated carbocycles. The van der Waals surface area contributed by atoms with Crippen LogP contribution >= 0.6 is 0 Å². The third kappa shape index (κ3) is 3.68. The molecular weight excluding hydrogens is 308 g/mol. The summed E-state index contributed by atoms with van der Waals surface area (Å²) in [5.74, 6) is -1.14. The van der Waals surface area contributed by atoms with Crippen molar-refractivity contribution in [2.75, 3.05) is 0 Å². The molecular formula is C19H22O5. The number of hydrogen-bond acceptors (Lipinski definition) is 5. The largest absolute Gasteiger partial charge is 0.508 e. The predicted molar refractivity (Wildman–Crippen MR) is 95.6 cm³/mol. The first-order valence-corrected chi connectivity index (χ1v) is 7.85. The highest BCUT2D eigenvalue weighted by Gasteiger charge is 2.17. The molecule has 1 heterocycles. The predicted octanol–water partition coefficient (Wildman–Crippen LogP) is 4.63. The number of phenolic OH excluding ortho intramolecular Hbond substituents is 2. The lowest BCUT2D eigenvalue weighted by Crippen LogP contribution is -2.02. The first-order chi connectivity index (χ1) is 11.6. The molecule has 128 valence electrons. The normalized spacial score (nSPS) is 9.50. The van der Waals surface area contributed by atoms with Gasteiger partial charge in [-0.25, -0.2) is 0 Å². The van der Waals surface area contributed by atoms with E-state index in [4.69, 9.17) is 4.42 Å². The van der Waals surface area contributed by atoms with Gasteiger partial charge in [0.1, 0.15) is 17.1 Å². The van der Waals surface area contributed by atoms with Crippen LogP contribution in [0.15, 0.2) is 51.7 Å². The molecule has 3 aromatic rings. The van der Waals surface area contributed by atoms with Crippen molar-refractivity contribution < 1.29 is 19.7 Å². The van der Waals surface area contributed by atoms with Crippen molar-refractivity contribution >= 4 is 11.0 Å². The molecule has 5 nitrogen and oxygen atoms in total. The van der Waals surface area contributed by atoms with Crippen LogP contribution in [0.5, 0.6) is 17.2 Å². The Kier molecular flexibility index (Phi) is 6.86. The van der Waals surface area contributed by atoms with E-state index >= 15 is 0 Å². The Morgan fingerprint density at radius 3 is 2.12 bits per heavy atom. The fourth-order valence-electron chi connectivity index (χ4n) is 2.03. The van der Waals surface area contributed by atoms with Crippen LogP contribution in [0.2, 0.25) is 0 Å². The van der Waals surface area contributed by atoms with Crippen LogP contribution in [0, 0.1) is 0 Å². The maximum absolute atomic E-state index is 12.1. The first-order valence-electron chi connectivity index (χ1n) is 7.85. The quantitative estimate of drug-likeness (QED) is 0.605. The number of hydrogen-bond donors (Lipinski definition) is 3. The van der Waals surface area contributed by atoms with Crippen LogP contribution in [0.1, 0.15) is 27.7 Å². The Morgan fingerprint density at radius 2 is 1.50 bits per heavy atom. The van der Waals surface area contributed by atoms with E-state index in [-0.39, 0.29) is 28.2 Å². The standard InChI is InChI=1S/C15H10O5.2C2H6/c16-8-5-6-9(11(17)7-8)15-14(19)13(18)10-3-1-2-4-12(10)20-15;2*1-2/h1-7,16-17,19H;2*1-2H3. The highest BCUT2D eigenvalue weighted by Crippen LogP contribution is 2.37. The Labute approximate surface area is 140 Å². The van der Waals surface area contributed by atoms with Gasteiger partial charge in [0, 0.05) is 6.07 Å². The number of para-hydroxylation sites is 1. The third-order valence-corrected chi connectivity index (χ3v) is 3.00. The van der Waals surface area contributed by atoms with Crippen molar-refractivity contribution in [3.8, 4) is 28.6 Å². The van der Waals surface area contributed by atoms with Gasteiger partial charge < -0.3 is 19.7 Å². The van der Waals surface area contributed by atoms with Crippen LogP contribution < -0.4 is 5.43 Å². The number of aromatic hydroxyl groups is 3. The monoisotopic (exact) mass is 330 g/mol. The van der Waals surface area contributed by atoms with E-state index in [1.54, 1.807) is 24.3 Å². The molecule has 0 unspecified atom stereocenters. The minimum Gasteiger partial charge on any atom is -0.508 e. The summed E-state index contributed by atoms with van der Waals surface area (Å²) in [7, 11) is 0. The second-order valence-corrected chi connectivity index (χ2v) is 4.31. The Balaban J connectivity index is 0.000000671. The van der Waals surface area contributed by atoms with Gasteiger partial charge >= 0.3 is 0 Å². The molecule has 0 amide bonds. The average Bonchev–Trinajstić information content (AvgIpc) is 2.62. The van der Waals surface area contributed by atoms with E-state index < -0.39 is 11.2 Å². The van der Waals surface area contributed by atoms with E-state index in [1.807, 2.05) is 27.7 Å². The van der Waals surface area contributed by atoms with E-state index in [9.17, 15) is 20.1 Å². The minimum absolute atomic E-state index is 0.128. The van der Waals surface area contributed by atoms with Gasteiger partial charge in [0.2, 0.25) is 11.2 Å². The van der Waals surface area contributed by atoms with Crippen LogP contribution in [0.4, 0.5) is 0 Å². The first kappa shape index (κ1) is 19.1. The smallest absolute Gasteiger partial charge is 0.235 e. The van der Waals surface area contributed by atoms with Crippen molar-refractivity contribution in [3.05, 3.63) is 52.7 Å². The molecule has 2 aromatic carbocycles. The van der Waals surface area contributed by atoms with Gasteiger partial charge in [-0.1, -0.05) is 39.8 Å². The van der Waals surface area contributed by atoms with E-state index in [0.717, 1.165) is 6.07 Å². The van der Waals surface area contributed by atoms with Crippen molar-refractivity contribution in [3.63, 3.8) is 0 Å². The van der Waals surface area contributed by atoms with E-state index in [1.165, 1.54) is 12.1 Å². The Hall–Kier alpha value is -2.95. The molecule has 3 rings (SSSR count). The molecule has 24 heavy (non-hydrogen) atoms. The fraction of sp³-hybridized carbons (Fsp3) is 0.211. The summed E-state index contributed by atoms with van der Waals surface area (Å²) in [6, 6.07) is 10.3. The molecule has 0 spiro atoms. The summed E-state index contributed by atoms with van der Waals surface area (Å²) in [5.41, 5.74) is -0.143. The second kappa shape index (κ2) is 8.62. The second-order valence-electron chi connectivity index (χ2n) is 4.31. The lowest BCUT2D eigenvalue weighted by Gasteiger charge is -2.07. The van der Waals surface area contributed by atoms with Gasteiger partial charge in [-0.2, -0.15) is 0 Å². The zero-order valence-electron chi connectivity index (χ0n) is 14.2. The van der Waals surface area contributed by atoms with Gasteiger partial charge in [0.15, 0.2) is 5.76 Å². The number of phenols is 2. The van der Waals surface area contributed by atoms with Crippen LogP contribution in [0.3, 0.4) is 0 Å². The molecule has 1 aromatic heterocycles. The van der Waals surface area contributed by atoms with Crippen molar-refractivity contribution in [2.45, 2.75) is 27.7 Å². The summed E-state index contributed by atoms with van der Waals surface area (Å²) >= 11 is 0. The summed E-state index contributed by atoms with van der Waals surface area (Å²) < 4.78 is 5.49. The molecule has 0 atom stereocenters. The molecule has 0 radical (unpaired) electrons.